The van der Waals surface area contributed by atoms with Gasteiger partial charge in [-0.3, -0.25) is 4.74 Å². The molecule has 0 saturated carbocycles. The molecule has 6 heteroatoms. The molecule has 0 fully saturated rings. The SMILES string of the molecule is CCCCCC.CCCC[P@@](=Nc1c(C(C)C)cccc1C(C)C)(c1ccccc1)[P@](=O)([N-]c1c(C(C)C)cccc1C(C)C)c1ccccc1.[Li+]. The van der Waals surface area contributed by atoms with Gasteiger partial charge in [0.2, 0.25) is 0 Å². The van der Waals surface area contributed by atoms with E-state index in [4.69, 9.17) is 9.83 Å². The summed E-state index contributed by atoms with van der Waals surface area (Å²) in [6, 6.07) is 33.7. The van der Waals surface area contributed by atoms with Gasteiger partial charge >= 0.3 is 18.9 Å². The second-order valence-corrected chi connectivity index (χ2v) is 23.2. The molecule has 4 aromatic rings. The van der Waals surface area contributed by atoms with E-state index in [-0.39, 0.29) is 42.5 Å². The van der Waals surface area contributed by atoms with Crippen molar-refractivity contribution >= 4 is 35.7 Å². The average molecular weight is 733 g/mol. The van der Waals surface area contributed by atoms with Crippen LogP contribution in [-0.2, 0) is 4.57 Å². The van der Waals surface area contributed by atoms with Gasteiger partial charge in [-0.15, -0.1) is 5.69 Å². The van der Waals surface area contributed by atoms with Crippen molar-refractivity contribution < 1.29 is 23.4 Å². The quantitative estimate of drug-likeness (QED) is 0.0642. The van der Waals surface area contributed by atoms with Gasteiger partial charge in [0.05, 0.1) is 19.4 Å². The second kappa shape index (κ2) is 22.2. The Morgan fingerprint density at radius 1 is 0.519 bits per heavy atom. The van der Waals surface area contributed by atoms with E-state index in [1.165, 1.54) is 36.8 Å². The smallest absolute Gasteiger partial charge is 0.619 e. The zero-order valence-corrected chi connectivity index (χ0v) is 36.5. The predicted octanol–water partition coefficient (Wildman–Crippen LogP) is 13.0. The molecule has 0 radical (unpaired) electrons. The summed E-state index contributed by atoms with van der Waals surface area (Å²) in [6.45, 7) is 17.9. The summed E-state index contributed by atoms with van der Waals surface area (Å²) in [4.78, 5) is 0. The zero-order chi connectivity index (χ0) is 37.6. The maximum atomic E-state index is 16.8. The first kappa shape index (κ1) is 45.9. The van der Waals surface area contributed by atoms with Crippen molar-refractivity contribution in [1.82, 2.24) is 0 Å². The van der Waals surface area contributed by atoms with Crippen LogP contribution in [0.4, 0.5) is 11.4 Å². The fraction of sp³-hybridized carbons (Fsp3) is 0.478. The molecule has 0 saturated heterocycles. The van der Waals surface area contributed by atoms with Crippen LogP contribution >= 0.6 is 13.7 Å². The molecule has 0 heterocycles. The number of unbranched alkanes of at least 4 members (excludes halogenated alkanes) is 4. The normalized spacial score (nSPS) is 13.6. The molecule has 278 valence electrons. The summed E-state index contributed by atoms with van der Waals surface area (Å²) >= 11 is 0. The maximum Gasteiger partial charge on any atom is 1.00 e. The molecule has 4 aromatic carbocycles. The van der Waals surface area contributed by atoms with Crippen molar-refractivity contribution in [2.75, 3.05) is 6.16 Å². The molecule has 0 unspecified atom stereocenters. The average Bonchev–Trinajstić information content (AvgIpc) is 3.13. The number of benzene rings is 4. The van der Waals surface area contributed by atoms with E-state index in [9.17, 15) is 0 Å². The van der Waals surface area contributed by atoms with E-state index in [1.54, 1.807) is 0 Å². The molecule has 52 heavy (non-hydrogen) atoms. The minimum absolute atomic E-state index is 0. The van der Waals surface area contributed by atoms with Crippen LogP contribution in [0.25, 0.3) is 5.09 Å². The van der Waals surface area contributed by atoms with Crippen molar-refractivity contribution in [2.24, 2.45) is 4.74 Å². The Hall–Kier alpha value is -2.26. The van der Waals surface area contributed by atoms with Gasteiger partial charge in [0.1, 0.15) is 0 Å². The van der Waals surface area contributed by atoms with Gasteiger partial charge in [0.15, 0.2) is 0 Å². The molecule has 4 rings (SSSR count). The zero-order valence-electron chi connectivity index (χ0n) is 34.7. The molecule has 0 aliphatic carbocycles. The minimum Gasteiger partial charge on any atom is -0.619 e. The molecule has 0 N–H and O–H groups in total. The predicted molar refractivity (Wildman–Crippen MR) is 231 cm³/mol. The van der Waals surface area contributed by atoms with Gasteiger partial charge in [-0.25, -0.2) is 0 Å². The first-order chi connectivity index (χ1) is 24.4. The van der Waals surface area contributed by atoms with Crippen LogP contribution in [0.2, 0.25) is 0 Å². The van der Waals surface area contributed by atoms with Gasteiger partial charge in [0, 0.05) is 5.30 Å². The summed E-state index contributed by atoms with van der Waals surface area (Å²) in [6.07, 6.45) is 8.17. The minimum atomic E-state index is -3.62. The molecule has 0 aliphatic rings. The van der Waals surface area contributed by atoms with Crippen LogP contribution in [0.3, 0.4) is 0 Å². The molecule has 0 aromatic heterocycles. The number of rotatable bonds is 16. The Kier molecular flexibility index (Phi) is 19.6. The van der Waals surface area contributed by atoms with E-state index in [1.807, 2.05) is 30.3 Å². The van der Waals surface area contributed by atoms with Gasteiger partial charge in [0.25, 0.3) is 0 Å². The van der Waals surface area contributed by atoms with Crippen molar-refractivity contribution in [2.45, 2.75) is 138 Å². The monoisotopic (exact) mass is 732 g/mol. The van der Waals surface area contributed by atoms with Crippen molar-refractivity contribution in [3.63, 3.8) is 0 Å². The Bertz CT molecular complexity index is 1680. The van der Waals surface area contributed by atoms with Crippen molar-refractivity contribution in [3.05, 3.63) is 124 Å². The first-order valence-electron chi connectivity index (χ1n) is 19.7. The molecular formula is C46H67LiN2OP2. The Morgan fingerprint density at radius 3 is 1.29 bits per heavy atom. The van der Waals surface area contributed by atoms with E-state index in [0.29, 0.717) is 0 Å². The Morgan fingerprint density at radius 2 is 0.904 bits per heavy atom. The number of hydrogen-bond donors (Lipinski definition) is 0. The third kappa shape index (κ3) is 11.1. The van der Waals surface area contributed by atoms with Crippen molar-refractivity contribution in [1.29, 1.82) is 0 Å². The summed E-state index contributed by atoms with van der Waals surface area (Å²) < 4.78 is 22.8. The van der Waals surface area contributed by atoms with E-state index < -0.39 is 13.7 Å². The summed E-state index contributed by atoms with van der Waals surface area (Å²) in [5.74, 6) is 1.01. The summed E-state index contributed by atoms with van der Waals surface area (Å²) in [5.41, 5.74) is 6.62. The summed E-state index contributed by atoms with van der Waals surface area (Å²) in [5, 5.41) is 7.52. The van der Waals surface area contributed by atoms with E-state index in [0.717, 1.165) is 52.1 Å². The van der Waals surface area contributed by atoms with Crippen LogP contribution in [0.5, 0.6) is 0 Å². The van der Waals surface area contributed by atoms with Crippen LogP contribution in [0.15, 0.2) is 102 Å². The fourth-order valence-electron chi connectivity index (χ4n) is 6.64. The standard InChI is InChI=1S/C40H53N2OP2.C6H14.Li/c1-10-11-28-44(33-20-14-12-15-21-33,41-39-35(29(2)3)24-18-25-36(39)30(4)5)45(43,34-22-16-13-17-23-34)42-40-37(31(6)7)26-19-27-38(40)32(8)9;1-3-5-6-4-2;/h12-27,29-32H,10-11,28H2,1-9H3;3-6H2,1-2H3;/q-1;;+1/t44-,45-;;/m0../s1. The van der Waals surface area contributed by atoms with Crippen LogP contribution in [0.1, 0.15) is 161 Å². The molecule has 2 atom stereocenters. The number of nitrogens with zero attached hydrogens (tertiary/aromatic N) is 2. The molecule has 0 aliphatic heterocycles. The van der Waals surface area contributed by atoms with Crippen molar-refractivity contribution in [3.8, 4) is 0 Å². The Balaban J connectivity index is 0.00000123. The molecule has 0 bridgehead atoms. The first-order valence-corrected chi connectivity index (χ1v) is 24.0. The third-order valence-corrected chi connectivity index (χ3v) is 19.8. The van der Waals surface area contributed by atoms with E-state index in [2.05, 4.69) is 143 Å². The van der Waals surface area contributed by atoms with Crippen LogP contribution in [-0.4, -0.2) is 6.16 Å². The number of hydrogen-bond acceptors (Lipinski definition) is 2. The van der Waals surface area contributed by atoms with Gasteiger partial charge in [-0.1, -0.05) is 216 Å². The third-order valence-electron chi connectivity index (χ3n) is 9.68. The second-order valence-electron chi connectivity index (χ2n) is 15.1. The van der Waals surface area contributed by atoms with Crippen LogP contribution < -0.4 is 29.5 Å². The topological polar surface area (TPSA) is 43.5 Å². The molecule has 0 spiro atoms. The summed E-state index contributed by atoms with van der Waals surface area (Å²) in [7, 11) is 0. The van der Waals surface area contributed by atoms with Crippen LogP contribution in [0, 0.1) is 0 Å². The van der Waals surface area contributed by atoms with Gasteiger partial charge < -0.3 is 9.65 Å². The fourth-order valence-corrected chi connectivity index (χ4v) is 17.0. The van der Waals surface area contributed by atoms with E-state index >= 15 is 4.57 Å². The molecular weight excluding hydrogens is 665 g/mol. The molecule has 0 amide bonds. The largest absolute Gasteiger partial charge is 1.00 e. The Labute approximate surface area is 331 Å². The maximum absolute atomic E-state index is 16.8. The molecule has 3 nitrogen and oxygen atoms in total. The van der Waals surface area contributed by atoms with Gasteiger partial charge in [-0.2, -0.15) is 0 Å². The van der Waals surface area contributed by atoms with Gasteiger partial charge in [-0.05, 0) is 52.7 Å².